The van der Waals surface area contributed by atoms with Gasteiger partial charge in [0, 0.05) is 11.6 Å². The van der Waals surface area contributed by atoms with Crippen LogP contribution in [0.15, 0.2) is 40.8 Å². The van der Waals surface area contributed by atoms with Gasteiger partial charge in [0.2, 0.25) is 0 Å². The maximum atomic E-state index is 13.0. The molecule has 150 valence electrons. The van der Waals surface area contributed by atoms with E-state index >= 15 is 0 Å². The zero-order valence-corrected chi connectivity index (χ0v) is 18.0. The van der Waals surface area contributed by atoms with Crippen molar-refractivity contribution in [3.63, 3.8) is 0 Å². The van der Waals surface area contributed by atoms with Crippen LogP contribution >= 0.6 is 45.9 Å². The molecule has 0 saturated heterocycles. The molecule has 29 heavy (non-hydrogen) atoms. The van der Waals surface area contributed by atoms with Crippen molar-refractivity contribution in [2.24, 2.45) is 10.9 Å². The summed E-state index contributed by atoms with van der Waals surface area (Å²) in [4.78, 5) is 25.7. The van der Waals surface area contributed by atoms with E-state index in [1.54, 1.807) is 30.5 Å². The summed E-state index contributed by atoms with van der Waals surface area (Å²) in [5, 5.41) is 18.3. The van der Waals surface area contributed by atoms with Crippen molar-refractivity contribution >= 4 is 69.6 Å². The Hall–Kier alpha value is -2.43. The Bertz CT molecular complexity index is 1110. The summed E-state index contributed by atoms with van der Waals surface area (Å²) in [5.41, 5.74) is 2.87. The summed E-state index contributed by atoms with van der Waals surface area (Å²) in [7, 11) is 0. The molecule has 2 amide bonds. The zero-order chi connectivity index (χ0) is 21.1. The number of nitrogens with one attached hydrogen (secondary N) is 1. The normalized spacial score (nSPS) is 11.0. The molecule has 0 saturated carbocycles. The van der Waals surface area contributed by atoms with Crippen LogP contribution in [0.5, 0.6) is 5.75 Å². The Balaban J connectivity index is 1.98. The monoisotopic (exact) mass is 468 g/mol. The van der Waals surface area contributed by atoms with Crippen LogP contribution in [0, 0.1) is 0 Å². The van der Waals surface area contributed by atoms with Gasteiger partial charge in [-0.2, -0.15) is 10.1 Å². The smallest absolute Gasteiger partial charge is 0.288 e. The van der Waals surface area contributed by atoms with Crippen molar-refractivity contribution in [2.75, 3.05) is 5.01 Å². The quantitative estimate of drug-likeness (QED) is 0.217. The van der Waals surface area contributed by atoms with Crippen molar-refractivity contribution in [3.05, 3.63) is 55.5 Å². The topological polar surface area (TPSA) is 108 Å². The molecular weight excluding hydrogens is 455 g/mol. The third-order valence-electron chi connectivity index (χ3n) is 3.75. The molecule has 0 unspecified atom stereocenters. The van der Waals surface area contributed by atoms with E-state index < -0.39 is 11.8 Å². The molecule has 7 nitrogen and oxygen atoms in total. The van der Waals surface area contributed by atoms with Crippen LogP contribution in [0.4, 0.5) is 5.69 Å². The average Bonchev–Trinajstić information content (AvgIpc) is 3.34. The molecule has 1 aromatic carbocycles. The Morgan fingerprint density at radius 1 is 1.21 bits per heavy atom. The fraction of sp³-hybridized carbons (Fsp3) is 0.0556. The Morgan fingerprint density at radius 3 is 2.59 bits per heavy atom. The van der Waals surface area contributed by atoms with E-state index in [9.17, 15) is 14.7 Å². The summed E-state index contributed by atoms with van der Waals surface area (Å²) < 4.78 is 0. The van der Waals surface area contributed by atoms with Gasteiger partial charge in [-0.25, -0.2) is 5.84 Å². The minimum Gasteiger partial charge on any atom is -0.504 e. The second kappa shape index (κ2) is 8.93. The van der Waals surface area contributed by atoms with Gasteiger partial charge < -0.3 is 5.11 Å². The minimum absolute atomic E-state index is 0.121. The van der Waals surface area contributed by atoms with Crippen molar-refractivity contribution in [1.29, 1.82) is 0 Å². The number of nitrogen functional groups attached to an aromatic ring is 1. The Kier molecular flexibility index (Phi) is 6.56. The number of hydrogen-bond acceptors (Lipinski definition) is 7. The number of hydrazine groups is 1. The molecule has 11 heteroatoms. The van der Waals surface area contributed by atoms with Crippen LogP contribution in [0.25, 0.3) is 10.4 Å². The summed E-state index contributed by atoms with van der Waals surface area (Å²) >= 11 is 14.2. The molecule has 0 bridgehead atoms. The molecule has 3 aromatic rings. The molecule has 0 fully saturated rings. The van der Waals surface area contributed by atoms with E-state index in [2.05, 4.69) is 5.10 Å². The lowest BCUT2D eigenvalue weighted by Gasteiger charge is -2.15. The standard InChI is InChI=1S/C18H14Cl2N4O3S2/c1-2-22-24(18(27)14-6-5-13(29-14)17(26)23-21)12-8-28-16(15(12)25)9-3-4-10(19)11(20)7-9/h2-8,25H,21H2,1H3,(H,23,26). The van der Waals surface area contributed by atoms with Crippen molar-refractivity contribution in [3.8, 4) is 16.2 Å². The van der Waals surface area contributed by atoms with E-state index in [4.69, 9.17) is 29.0 Å². The number of aromatic hydroxyl groups is 1. The number of carbonyl (C=O) groups is 2. The van der Waals surface area contributed by atoms with Crippen molar-refractivity contribution in [1.82, 2.24) is 5.43 Å². The number of benzene rings is 1. The van der Waals surface area contributed by atoms with Gasteiger partial charge in [-0.15, -0.1) is 22.7 Å². The minimum atomic E-state index is -0.502. The predicted octanol–water partition coefficient (Wildman–Crippen LogP) is 4.75. The van der Waals surface area contributed by atoms with Crippen LogP contribution < -0.4 is 16.3 Å². The lowest BCUT2D eigenvalue weighted by molar-refractivity contribution is 0.0956. The van der Waals surface area contributed by atoms with E-state index in [-0.39, 0.29) is 21.2 Å². The second-order valence-corrected chi connectivity index (χ2v) is 8.33. The molecule has 4 N–H and O–H groups in total. The first-order chi connectivity index (χ1) is 13.9. The summed E-state index contributed by atoms with van der Waals surface area (Å²) in [6.45, 7) is 1.64. The lowest BCUT2D eigenvalue weighted by Crippen LogP contribution is -2.29. The number of anilines is 1. The van der Waals surface area contributed by atoms with Crippen LogP contribution in [0.3, 0.4) is 0 Å². The first-order valence-electron chi connectivity index (χ1n) is 8.07. The van der Waals surface area contributed by atoms with Crippen LogP contribution in [0.2, 0.25) is 10.0 Å². The first-order valence-corrected chi connectivity index (χ1v) is 10.5. The molecule has 0 atom stereocenters. The van der Waals surface area contributed by atoms with Crippen LogP contribution in [0.1, 0.15) is 26.3 Å². The fourth-order valence-corrected chi connectivity index (χ4v) is 4.48. The van der Waals surface area contributed by atoms with E-state index in [1.807, 2.05) is 5.43 Å². The number of hydrazone groups is 1. The molecule has 3 rings (SSSR count). The van der Waals surface area contributed by atoms with E-state index in [0.717, 1.165) is 16.3 Å². The lowest BCUT2D eigenvalue weighted by atomic mass is 10.1. The van der Waals surface area contributed by atoms with Crippen molar-refractivity contribution in [2.45, 2.75) is 6.92 Å². The highest BCUT2D eigenvalue weighted by atomic mass is 35.5. The molecule has 2 aromatic heterocycles. The molecule has 0 aliphatic carbocycles. The van der Waals surface area contributed by atoms with Gasteiger partial charge in [-0.05, 0) is 36.8 Å². The molecule has 0 spiro atoms. The number of carbonyl (C=O) groups excluding carboxylic acids is 2. The number of halogens is 2. The van der Waals surface area contributed by atoms with Gasteiger partial charge in [0.05, 0.1) is 24.7 Å². The maximum Gasteiger partial charge on any atom is 0.288 e. The van der Waals surface area contributed by atoms with Gasteiger partial charge >= 0.3 is 0 Å². The van der Waals surface area contributed by atoms with E-state index in [0.29, 0.717) is 20.5 Å². The third-order valence-corrected chi connectivity index (χ3v) is 6.57. The fourth-order valence-electron chi connectivity index (χ4n) is 2.42. The molecule has 0 aliphatic rings. The predicted molar refractivity (Wildman–Crippen MR) is 118 cm³/mol. The largest absolute Gasteiger partial charge is 0.504 e. The number of amides is 2. The third kappa shape index (κ3) is 4.29. The number of hydrogen-bond donors (Lipinski definition) is 3. The highest BCUT2D eigenvalue weighted by Gasteiger charge is 2.25. The summed E-state index contributed by atoms with van der Waals surface area (Å²) in [6, 6.07) is 7.96. The van der Waals surface area contributed by atoms with Crippen molar-refractivity contribution < 1.29 is 14.7 Å². The summed E-state index contributed by atoms with van der Waals surface area (Å²) in [6.07, 6.45) is 1.43. The number of nitrogens with two attached hydrogens (primary N) is 1. The number of thiophene rings is 2. The van der Waals surface area contributed by atoms with Gasteiger partial charge in [-0.3, -0.25) is 15.0 Å². The zero-order valence-electron chi connectivity index (χ0n) is 14.8. The molecule has 0 radical (unpaired) electrons. The number of rotatable bonds is 5. The second-order valence-electron chi connectivity index (χ2n) is 5.56. The van der Waals surface area contributed by atoms with Gasteiger partial charge in [0.15, 0.2) is 5.75 Å². The van der Waals surface area contributed by atoms with E-state index in [1.165, 1.54) is 29.7 Å². The van der Waals surface area contributed by atoms with Gasteiger partial charge in [0.25, 0.3) is 11.8 Å². The Labute approximate surface area is 183 Å². The molecule has 2 heterocycles. The number of nitrogens with zero attached hydrogens (tertiary/aromatic N) is 2. The average molecular weight is 469 g/mol. The highest BCUT2D eigenvalue weighted by molar-refractivity contribution is 7.16. The molecule has 0 aliphatic heterocycles. The molecular formula is C18H14Cl2N4O3S2. The maximum absolute atomic E-state index is 13.0. The Morgan fingerprint density at radius 2 is 1.93 bits per heavy atom. The summed E-state index contributed by atoms with van der Waals surface area (Å²) in [5.74, 6) is 4.00. The van der Waals surface area contributed by atoms with Crippen LogP contribution in [-0.4, -0.2) is 23.1 Å². The SMILES string of the molecule is CC=NN(C(=O)c1ccc(C(=O)NN)s1)c1csc(-c2ccc(Cl)c(Cl)c2)c1O. The van der Waals surface area contributed by atoms with Crippen LogP contribution in [-0.2, 0) is 0 Å². The van der Waals surface area contributed by atoms with Gasteiger partial charge in [0.1, 0.15) is 5.69 Å². The highest BCUT2D eigenvalue weighted by Crippen LogP contribution is 2.45. The first kappa shape index (κ1) is 21.3. The van der Waals surface area contributed by atoms with Gasteiger partial charge in [-0.1, -0.05) is 29.3 Å².